The van der Waals surface area contributed by atoms with Crippen molar-refractivity contribution in [3.8, 4) is 0 Å². The molecule has 1 aliphatic rings. The van der Waals surface area contributed by atoms with Crippen LogP contribution in [0.2, 0.25) is 0 Å². The molecular formula is C12H9BrF3N. The molecular weight excluding hydrogens is 295 g/mol. The molecule has 0 aliphatic heterocycles. The van der Waals surface area contributed by atoms with Crippen LogP contribution in [-0.2, 0) is 0 Å². The molecule has 0 spiro atoms. The first-order valence-electron chi connectivity index (χ1n) is 4.91. The Kier molecular flexibility index (Phi) is 3.14. The summed E-state index contributed by atoms with van der Waals surface area (Å²) in [6.45, 7) is 0. The quantitative estimate of drug-likeness (QED) is 0.784. The highest BCUT2D eigenvalue weighted by atomic mass is 79.9. The van der Waals surface area contributed by atoms with Gasteiger partial charge in [0.2, 0.25) is 0 Å². The second-order valence-corrected chi connectivity index (χ2v) is 4.85. The molecule has 2 rings (SSSR count). The maximum atomic E-state index is 14.1. The SMILES string of the molecule is NC1(F)CC(Br)=CC(F)=C1c1ccccc1F. The summed E-state index contributed by atoms with van der Waals surface area (Å²) in [5, 5.41) is 0. The van der Waals surface area contributed by atoms with Gasteiger partial charge < -0.3 is 0 Å². The third-order valence-corrected chi connectivity index (χ3v) is 3.02. The van der Waals surface area contributed by atoms with E-state index >= 15 is 0 Å². The third-order valence-electron chi connectivity index (χ3n) is 2.51. The van der Waals surface area contributed by atoms with Gasteiger partial charge in [-0.1, -0.05) is 34.1 Å². The molecule has 1 atom stereocenters. The molecule has 1 aromatic carbocycles. The van der Waals surface area contributed by atoms with Crippen LogP contribution in [0.25, 0.3) is 5.57 Å². The number of benzene rings is 1. The van der Waals surface area contributed by atoms with E-state index in [2.05, 4.69) is 15.9 Å². The van der Waals surface area contributed by atoms with Crippen LogP contribution in [0.4, 0.5) is 13.2 Å². The topological polar surface area (TPSA) is 26.0 Å². The van der Waals surface area contributed by atoms with E-state index in [1.807, 2.05) is 0 Å². The Morgan fingerprint density at radius 2 is 1.88 bits per heavy atom. The van der Waals surface area contributed by atoms with Gasteiger partial charge in [-0.2, -0.15) is 0 Å². The van der Waals surface area contributed by atoms with Crippen molar-refractivity contribution >= 4 is 21.5 Å². The van der Waals surface area contributed by atoms with Gasteiger partial charge in [0.05, 0.1) is 0 Å². The maximum Gasteiger partial charge on any atom is 0.192 e. The van der Waals surface area contributed by atoms with E-state index in [9.17, 15) is 13.2 Å². The molecule has 0 fully saturated rings. The van der Waals surface area contributed by atoms with E-state index in [-0.39, 0.29) is 12.0 Å². The Bertz CT molecular complexity index is 520. The summed E-state index contributed by atoms with van der Waals surface area (Å²) in [5.74, 6) is -3.98. The Labute approximate surface area is 105 Å². The molecule has 1 aliphatic carbocycles. The van der Waals surface area contributed by atoms with Crippen LogP contribution < -0.4 is 5.73 Å². The highest BCUT2D eigenvalue weighted by Crippen LogP contribution is 2.41. The largest absolute Gasteiger partial charge is 0.295 e. The van der Waals surface area contributed by atoms with Gasteiger partial charge in [-0.3, -0.25) is 5.73 Å². The minimum absolute atomic E-state index is 0.147. The summed E-state index contributed by atoms with van der Waals surface area (Å²) in [6.07, 6.45) is 0.885. The van der Waals surface area contributed by atoms with Gasteiger partial charge in [-0.05, 0) is 12.1 Å². The lowest BCUT2D eigenvalue weighted by Crippen LogP contribution is -2.38. The predicted molar refractivity (Wildman–Crippen MR) is 64.1 cm³/mol. The first kappa shape index (κ1) is 12.4. The second kappa shape index (κ2) is 4.31. The molecule has 0 heterocycles. The molecule has 17 heavy (non-hydrogen) atoms. The molecule has 2 N–H and O–H groups in total. The molecule has 0 saturated carbocycles. The normalized spacial score (nSPS) is 24.9. The molecule has 0 saturated heterocycles. The van der Waals surface area contributed by atoms with Gasteiger partial charge in [0.25, 0.3) is 0 Å². The molecule has 1 unspecified atom stereocenters. The van der Waals surface area contributed by atoms with Crippen molar-refractivity contribution in [1.29, 1.82) is 0 Å². The minimum atomic E-state index is -2.42. The molecule has 0 amide bonds. The number of alkyl halides is 1. The van der Waals surface area contributed by atoms with E-state index in [1.165, 1.54) is 18.2 Å². The van der Waals surface area contributed by atoms with Crippen molar-refractivity contribution in [3.05, 3.63) is 52.0 Å². The van der Waals surface area contributed by atoms with Gasteiger partial charge in [0.15, 0.2) is 5.79 Å². The smallest absolute Gasteiger partial charge is 0.192 e. The monoisotopic (exact) mass is 303 g/mol. The predicted octanol–water partition coefficient (Wildman–Crippen LogP) is 3.81. The van der Waals surface area contributed by atoms with Crippen LogP contribution in [-0.4, -0.2) is 5.79 Å². The highest BCUT2D eigenvalue weighted by molar-refractivity contribution is 9.11. The summed E-state index contributed by atoms with van der Waals surface area (Å²) < 4.78 is 41.7. The minimum Gasteiger partial charge on any atom is -0.295 e. The van der Waals surface area contributed by atoms with Crippen molar-refractivity contribution in [2.45, 2.75) is 12.2 Å². The van der Waals surface area contributed by atoms with Crippen molar-refractivity contribution < 1.29 is 13.2 Å². The van der Waals surface area contributed by atoms with Crippen LogP contribution in [0.3, 0.4) is 0 Å². The molecule has 0 radical (unpaired) electrons. The molecule has 1 aromatic rings. The first-order chi connectivity index (χ1) is 7.92. The molecule has 0 aromatic heterocycles. The number of hydrogen-bond acceptors (Lipinski definition) is 1. The van der Waals surface area contributed by atoms with Crippen LogP contribution in [0, 0.1) is 5.82 Å². The van der Waals surface area contributed by atoms with Gasteiger partial charge >= 0.3 is 0 Å². The summed E-state index contributed by atoms with van der Waals surface area (Å²) in [4.78, 5) is 0. The molecule has 90 valence electrons. The zero-order valence-corrected chi connectivity index (χ0v) is 10.3. The molecule has 0 bridgehead atoms. The van der Waals surface area contributed by atoms with Crippen LogP contribution >= 0.6 is 15.9 Å². The molecule has 5 heteroatoms. The average Bonchev–Trinajstić information content (AvgIpc) is 2.18. The van der Waals surface area contributed by atoms with Gasteiger partial charge in [0, 0.05) is 22.0 Å². The number of allylic oxidation sites excluding steroid dienone is 2. The zero-order chi connectivity index (χ0) is 12.6. The lowest BCUT2D eigenvalue weighted by molar-refractivity contribution is 0.249. The van der Waals surface area contributed by atoms with E-state index in [0.717, 1.165) is 12.1 Å². The van der Waals surface area contributed by atoms with Gasteiger partial charge in [-0.25, -0.2) is 13.2 Å². The Balaban J connectivity index is 2.64. The van der Waals surface area contributed by atoms with Crippen LogP contribution in [0.15, 0.2) is 40.7 Å². The Morgan fingerprint density at radius 3 is 2.47 bits per heavy atom. The number of nitrogens with two attached hydrogens (primary N) is 1. The number of hydrogen-bond donors (Lipinski definition) is 1. The fourth-order valence-electron chi connectivity index (χ4n) is 1.81. The Morgan fingerprint density at radius 1 is 1.24 bits per heavy atom. The fourth-order valence-corrected chi connectivity index (χ4v) is 2.42. The van der Waals surface area contributed by atoms with Crippen molar-refractivity contribution in [1.82, 2.24) is 0 Å². The van der Waals surface area contributed by atoms with Gasteiger partial charge in [-0.15, -0.1) is 0 Å². The van der Waals surface area contributed by atoms with Crippen LogP contribution in [0.5, 0.6) is 0 Å². The van der Waals surface area contributed by atoms with Crippen molar-refractivity contribution in [2.24, 2.45) is 5.73 Å². The summed E-state index contributed by atoms with van der Waals surface area (Å²) >= 11 is 3.00. The third kappa shape index (κ3) is 2.30. The average molecular weight is 304 g/mol. The lowest BCUT2D eigenvalue weighted by atomic mass is 9.90. The number of halogens is 4. The van der Waals surface area contributed by atoms with Crippen molar-refractivity contribution in [2.75, 3.05) is 0 Å². The number of rotatable bonds is 1. The van der Waals surface area contributed by atoms with Crippen molar-refractivity contribution in [3.63, 3.8) is 0 Å². The van der Waals surface area contributed by atoms with Gasteiger partial charge in [0.1, 0.15) is 11.6 Å². The lowest BCUT2D eigenvalue weighted by Gasteiger charge is -2.27. The zero-order valence-electron chi connectivity index (χ0n) is 8.68. The van der Waals surface area contributed by atoms with E-state index in [1.54, 1.807) is 0 Å². The second-order valence-electron chi connectivity index (χ2n) is 3.83. The fraction of sp³-hybridized carbons (Fsp3) is 0.167. The molecule has 1 nitrogen and oxygen atoms in total. The van der Waals surface area contributed by atoms with E-state index < -0.39 is 23.0 Å². The van der Waals surface area contributed by atoms with E-state index in [4.69, 9.17) is 5.73 Å². The first-order valence-corrected chi connectivity index (χ1v) is 5.70. The Hall–Kier alpha value is -1.07. The summed E-state index contributed by atoms with van der Waals surface area (Å²) in [6, 6.07) is 5.39. The standard InChI is InChI=1S/C12H9BrF3N/c13-7-5-10(15)11(12(16,17)6-7)8-3-1-2-4-9(8)14/h1-5H,6,17H2. The maximum absolute atomic E-state index is 14.1. The summed E-state index contributed by atoms with van der Waals surface area (Å²) in [7, 11) is 0. The summed E-state index contributed by atoms with van der Waals surface area (Å²) in [5.41, 5.74) is 4.81. The van der Waals surface area contributed by atoms with Crippen LogP contribution in [0.1, 0.15) is 12.0 Å². The highest BCUT2D eigenvalue weighted by Gasteiger charge is 2.38. The van der Waals surface area contributed by atoms with E-state index in [0.29, 0.717) is 4.48 Å².